The van der Waals surface area contributed by atoms with Gasteiger partial charge in [-0.05, 0) is 23.7 Å². The molecule has 0 aliphatic heterocycles. The van der Waals surface area contributed by atoms with E-state index < -0.39 is 5.00 Å². The van der Waals surface area contributed by atoms with Crippen LogP contribution in [-0.2, 0) is 5.00 Å². The lowest BCUT2D eigenvalue weighted by molar-refractivity contribution is -0.703. The molecule has 3 aromatic rings. The number of aromatic nitrogens is 1. The Kier molecular flexibility index (Phi) is 3.00. The normalized spacial score (nSPS) is 14.2. The highest BCUT2D eigenvalue weighted by Gasteiger charge is 2.35. The van der Waals surface area contributed by atoms with Crippen LogP contribution in [0.2, 0.25) is 0 Å². The Labute approximate surface area is 118 Å². The van der Waals surface area contributed by atoms with Crippen LogP contribution in [0.5, 0.6) is 0 Å². The summed E-state index contributed by atoms with van der Waals surface area (Å²) < 4.78 is 2.11. The lowest BCUT2D eigenvalue weighted by atomic mass is 10.1. The second kappa shape index (κ2) is 4.67. The molecule has 0 fully saturated rings. The lowest BCUT2D eigenvalue weighted by Gasteiger charge is -2.18. The quantitative estimate of drug-likeness (QED) is 0.487. The zero-order valence-corrected chi connectivity index (χ0v) is 11.5. The summed E-state index contributed by atoms with van der Waals surface area (Å²) in [7, 11) is 0. The average Bonchev–Trinajstić information content (AvgIpc) is 2.47. The van der Waals surface area contributed by atoms with Crippen LogP contribution >= 0.6 is 11.6 Å². The lowest BCUT2D eigenvalue weighted by Crippen LogP contribution is -2.51. The number of nitrogens with zero attached hydrogens (tertiary/aromatic N) is 1. The van der Waals surface area contributed by atoms with E-state index in [0.29, 0.717) is 0 Å². The van der Waals surface area contributed by atoms with Crippen LogP contribution in [0.1, 0.15) is 12.5 Å². The number of alkyl halides is 1. The minimum atomic E-state index is -0.595. The number of hydrogen-bond acceptors (Lipinski definition) is 0. The van der Waals surface area contributed by atoms with Crippen LogP contribution in [0.4, 0.5) is 0 Å². The standard InChI is InChI=1S/C17H15ClN/c1-17(18,15-10-3-2-4-11-15)19-13-7-9-14-8-5-6-12-16(14)19/h2-13H,1H3/q+1. The van der Waals surface area contributed by atoms with Crippen LogP contribution in [0.25, 0.3) is 10.9 Å². The molecule has 0 N–H and O–H groups in total. The van der Waals surface area contributed by atoms with Crippen molar-refractivity contribution in [3.63, 3.8) is 0 Å². The third-order valence-electron chi connectivity index (χ3n) is 3.46. The number of hydrogen-bond donors (Lipinski definition) is 0. The van der Waals surface area contributed by atoms with E-state index in [2.05, 4.69) is 34.9 Å². The summed E-state index contributed by atoms with van der Waals surface area (Å²) in [4.78, 5) is -0.595. The third kappa shape index (κ3) is 2.11. The molecule has 1 nitrogen and oxygen atoms in total. The number of rotatable bonds is 2. The molecule has 0 saturated carbocycles. The summed E-state index contributed by atoms with van der Waals surface area (Å²) in [5.74, 6) is 0. The maximum absolute atomic E-state index is 6.83. The highest BCUT2D eigenvalue weighted by Crippen LogP contribution is 2.26. The van der Waals surface area contributed by atoms with Gasteiger partial charge in [-0.3, -0.25) is 0 Å². The second-order valence-corrected chi connectivity index (χ2v) is 5.49. The molecule has 2 heteroatoms. The molecule has 94 valence electrons. The molecule has 0 radical (unpaired) electrons. The summed E-state index contributed by atoms with van der Waals surface area (Å²) in [6.07, 6.45) is 2.03. The van der Waals surface area contributed by atoms with E-state index in [1.54, 1.807) is 0 Å². The molecule has 1 unspecified atom stereocenters. The molecule has 19 heavy (non-hydrogen) atoms. The summed E-state index contributed by atoms with van der Waals surface area (Å²) >= 11 is 6.83. The van der Waals surface area contributed by atoms with E-state index in [9.17, 15) is 0 Å². The van der Waals surface area contributed by atoms with Crippen molar-refractivity contribution in [3.05, 3.63) is 78.5 Å². The first-order valence-corrected chi connectivity index (χ1v) is 6.72. The van der Waals surface area contributed by atoms with Gasteiger partial charge in [0.2, 0.25) is 5.52 Å². The summed E-state index contributed by atoms with van der Waals surface area (Å²) in [5.41, 5.74) is 2.21. The predicted octanol–water partition coefficient (Wildman–Crippen LogP) is 4.09. The number of para-hydroxylation sites is 1. The Morgan fingerprint density at radius 1 is 0.842 bits per heavy atom. The van der Waals surface area contributed by atoms with Crippen molar-refractivity contribution in [2.24, 2.45) is 0 Å². The Balaban J connectivity index is 2.24. The van der Waals surface area contributed by atoms with Gasteiger partial charge in [-0.15, -0.1) is 0 Å². The molecule has 1 atom stereocenters. The predicted molar refractivity (Wildman–Crippen MR) is 79.2 cm³/mol. The van der Waals surface area contributed by atoms with Crippen molar-refractivity contribution < 1.29 is 4.57 Å². The molecule has 0 aliphatic carbocycles. The van der Waals surface area contributed by atoms with Gasteiger partial charge in [-0.25, -0.2) is 0 Å². The van der Waals surface area contributed by atoms with Crippen molar-refractivity contribution in [3.8, 4) is 0 Å². The first-order chi connectivity index (χ1) is 9.19. The highest BCUT2D eigenvalue weighted by atomic mass is 35.5. The van der Waals surface area contributed by atoms with Crippen LogP contribution in [-0.4, -0.2) is 0 Å². The van der Waals surface area contributed by atoms with E-state index >= 15 is 0 Å². The number of pyridine rings is 1. The molecule has 1 aromatic heterocycles. The summed E-state index contributed by atoms with van der Waals surface area (Å²) in [6, 6.07) is 22.6. The minimum Gasteiger partial charge on any atom is -0.174 e. The monoisotopic (exact) mass is 268 g/mol. The van der Waals surface area contributed by atoms with Crippen LogP contribution in [0.15, 0.2) is 72.9 Å². The van der Waals surface area contributed by atoms with Gasteiger partial charge in [0.15, 0.2) is 6.20 Å². The van der Waals surface area contributed by atoms with Crippen molar-refractivity contribution in [2.75, 3.05) is 0 Å². The molecule has 0 bridgehead atoms. The largest absolute Gasteiger partial charge is 0.265 e. The second-order valence-electron chi connectivity index (χ2n) is 4.76. The van der Waals surface area contributed by atoms with Crippen LogP contribution < -0.4 is 4.57 Å². The first-order valence-electron chi connectivity index (χ1n) is 6.34. The Morgan fingerprint density at radius 3 is 2.26 bits per heavy atom. The fourth-order valence-corrected chi connectivity index (χ4v) is 2.68. The van der Waals surface area contributed by atoms with Crippen LogP contribution in [0.3, 0.4) is 0 Å². The first kappa shape index (κ1) is 12.2. The van der Waals surface area contributed by atoms with Crippen LogP contribution in [0, 0.1) is 0 Å². The van der Waals surface area contributed by atoms with Gasteiger partial charge >= 0.3 is 0 Å². The van der Waals surface area contributed by atoms with Gasteiger partial charge in [-0.2, -0.15) is 4.57 Å². The smallest absolute Gasteiger partial charge is 0.174 e. The van der Waals surface area contributed by atoms with Gasteiger partial charge in [-0.1, -0.05) is 42.5 Å². The Hall–Kier alpha value is -1.86. The van der Waals surface area contributed by atoms with E-state index in [-0.39, 0.29) is 0 Å². The summed E-state index contributed by atoms with van der Waals surface area (Å²) in [6.45, 7) is 2.02. The molecular formula is C17H15ClN+. The Morgan fingerprint density at radius 2 is 1.47 bits per heavy atom. The molecule has 3 rings (SSSR count). The fourth-order valence-electron chi connectivity index (χ4n) is 2.41. The molecule has 0 saturated heterocycles. The van der Waals surface area contributed by atoms with Crippen molar-refractivity contribution in [1.29, 1.82) is 0 Å². The molecule has 2 aromatic carbocycles. The summed E-state index contributed by atoms with van der Waals surface area (Å²) in [5, 5.41) is 1.19. The third-order valence-corrected chi connectivity index (χ3v) is 3.86. The number of fused-ring (bicyclic) bond motifs is 1. The van der Waals surface area contributed by atoms with Gasteiger partial charge < -0.3 is 0 Å². The maximum Gasteiger partial charge on any atom is 0.265 e. The molecule has 0 spiro atoms. The van der Waals surface area contributed by atoms with Gasteiger partial charge in [0, 0.05) is 30.0 Å². The zero-order chi connectivity index (χ0) is 13.3. The number of halogens is 1. The van der Waals surface area contributed by atoms with E-state index in [0.717, 1.165) is 11.1 Å². The SMILES string of the molecule is CC(Cl)(c1ccccc1)[n+]1cccc2ccccc21. The van der Waals surface area contributed by atoms with Crippen molar-refractivity contribution in [1.82, 2.24) is 0 Å². The molecule has 0 aliphatic rings. The topological polar surface area (TPSA) is 3.88 Å². The van der Waals surface area contributed by atoms with Crippen molar-refractivity contribution in [2.45, 2.75) is 11.9 Å². The van der Waals surface area contributed by atoms with Gasteiger partial charge in [0.05, 0.1) is 0 Å². The molecular weight excluding hydrogens is 254 g/mol. The fraction of sp³-hybridized carbons (Fsp3) is 0.118. The maximum atomic E-state index is 6.83. The van der Waals surface area contributed by atoms with Gasteiger partial charge in [0.1, 0.15) is 0 Å². The molecule has 0 amide bonds. The van der Waals surface area contributed by atoms with E-state index in [4.69, 9.17) is 11.6 Å². The van der Waals surface area contributed by atoms with E-state index in [1.165, 1.54) is 5.39 Å². The van der Waals surface area contributed by atoms with Crippen molar-refractivity contribution >= 4 is 22.5 Å². The average molecular weight is 269 g/mol. The van der Waals surface area contributed by atoms with E-state index in [1.807, 2.05) is 49.5 Å². The minimum absolute atomic E-state index is 0.595. The molecule has 1 heterocycles. The Bertz CT molecular complexity index is 699. The van der Waals surface area contributed by atoms with Gasteiger partial charge in [0.25, 0.3) is 5.00 Å². The zero-order valence-electron chi connectivity index (χ0n) is 10.8. The highest BCUT2D eigenvalue weighted by molar-refractivity contribution is 6.22. The number of benzene rings is 2.